The summed E-state index contributed by atoms with van der Waals surface area (Å²) in [6, 6.07) is 0. The zero-order valence-corrected chi connectivity index (χ0v) is 4.68. The van der Waals surface area contributed by atoms with Gasteiger partial charge in [0.05, 0.1) is 0 Å². The van der Waals surface area contributed by atoms with Gasteiger partial charge in [-0.2, -0.15) is 0 Å². The molecule has 2 unspecified atom stereocenters. The summed E-state index contributed by atoms with van der Waals surface area (Å²) >= 11 is 0. The van der Waals surface area contributed by atoms with Crippen molar-refractivity contribution in [2.24, 2.45) is 5.92 Å². The van der Waals surface area contributed by atoms with Crippen molar-refractivity contribution >= 4 is 0 Å². The minimum absolute atomic E-state index is 0.624. The van der Waals surface area contributed by atoms with Gasteiger partial charge in [-0.25, -0.2) is 0 Å². The number of fused-ring (bicyclic) bond motifs is 4. The Kier molecular flexibility index (Phi) is 0.368. The van der Waals surface area contributed by atoms with E-state index in [-0.39, 0.29) is 0 Å². The SMILES string of the molecule is C1CC2CC1=C1OC12. The van der Waals surface area contributed by atoms with Crippen LogP contribution < -0.4 is 0 Å². The molecule has 42 valence electrons. The van der Waals surface area contributed by atoms with Gasteiger partial charge >= 0.3 is 0 Å². The Balaban J connectivity index is 2.22. The molecule has 1 heterocycles. The van der Waals surface area contributed by atoms with Gasteiger partial charge in [0, 0.05) is 5.92 Å². The molecule has 3 aliphatic rings. The topological polar surface area (TPSA) is 12.5 Å². The van der Waals surface area contributed by atoms with Crippen LogP contribution in [0.4, 0.5) is 0 Å². The van der Waals surface area contributed by atoms with Gasteiger partial charge in [-0.3, -0.25) is 0 Å². The Morgan fingerprint density at radius 3 is 3.00 bits per heavy atom. The van der Waals surface area contributed by atoms with Gasteiger partial charge in [0.25, 0.3) is 0 Å². The van der Waals surface area contributed by atoms with Crippen molar-refractivity contribution in [2.75, 3.05) is 0 Å². The predicted octanol–water partition coefficient (Wildman–Crippen LogP) is 1.45. The van der Waals surface area contributed by atoms with E-state index in [4.69, 9.17) is 4.74 Å². The van der Waals surface area contributed by atoms with Crippen molar-refractivity contribution in [3.63, 3.8) is 0 Å². The van der Waals surface area contributed by atoms with Crippen LogP contribution >= 0.6 is 0 Å². The van der Waals surface area contributed by atoms with Crippen molar-refractivity contribution in [1.82, 2.24) is 0 Å². The lowest BCUT2D eigenvalue weighted by atomic mass is 10.1. The fraction of sp³-hybridized carbons (Fsp3) is 0.714. The van der Waals surface area contributed by atoms with E-state index in [1.165, 1.54) is 25.0 Å². The lowest BCUT2D eigenvalue weighted by molar-refractivity contribution is 0.335. The Bertz CT molecular complexity index is 181. The van der Waals surface area contributed by atoms with Crippen LogP contribution in [-0.2, 0) is 4.74 Å². The minimum Gasteiger partial charge on any atom is -0.483 e. The van der Waals surface area contributed by atoms with Crippen LogP contribution in [-0.4, -0.2) is 6.10 Å². The largest absolute Gasteiger partial charge is 0.483 e. The van der Waals surface area contributed by atoms with Crippen molar-refractivity contribution in [2.45, 2.75) is 25.4 Å². The molecule has 0 amide bonds. The third kappa shape index (κ3) is 0.225. The van der Waals surface area contributed by atoms with E-state index < -0.39 is 0 Å². The average molecular weight is 108 g/mol. The van der Waals surface area contributed by atoms with Crippen LogP contribution in [0.25, 0.3) is 0 Å². The summed E-state index contributed by atoms with van der Waals surface area (Å²) in [7, 11) is 0. The molecule has 0 aromatic heterocycles. The zero-order chi connectivity index (χ0) is 5.14. The highest BCUT2D eigenvalue weighted by Gasteiger charge is 2.51. The average Bonchev–Trinajstić information content (AvgIpc) is 2.39. The molecule has 1 saturated carbocycles. The molecule has 0 aromatic carbocycles. The second kappa shape index (κ2) is 0.831. The van der Waals surface area contributed by atoms with E-state index in [0.717, 1.165) is 5.92 Å². The van der Waals surface area contributed by atoms with Gasteiger partial charge in [-0.1, -0.05) is 0 Å². The molecule has 2 atom stereocenters. The zero-order valence-electron chi connectivity index (χ0n) is 4.68. The smallest absolute Gasteiger partial charge is 0.158 e. The quantitative estimate of drug-likeness (QED) is 0.428. The monoisotopic (exact) mass is 108 g/mol. The van der Waals surface area contributed by atoms with Crippen LogP contribution in [0.5, 0.6) is 0 Å². The van der Waals surface area contributed by atoms with Gasteiger partial charge in [-0.15, -0.1) is 0 Å². The normalized spacial score (nSPS) is 47.0. The van der Waals surface area contributed by atoms with Gasteiger partial charge in [0.15, 0.2) is 6.10 Å². The summed E-state index contributed by atoms with van der Waals surface area (Å²) in [4.78, 5) is 0. The summed E-state index contributed by atoms with van der Waals surface area (Å²) in [5.74, 6) is 2.29. The Morgan fingerprint density at radius 2 is 2.50 bits per heavy atom. The lowest BCUT2D eigenvalue weighted by Crippen LogP contribution is -1.98. The maximum atomic E-state index is 5.32. The maximum absolute atomic E-state index is 5.32. The number of hydrogen-bond donors (Lipinski definition) is 0. The molecular weight excluding hydrogens is 100 g/mol. The molecule has 2 fully saturated rings. The van der Waals surface area contributed by atoms with E-state index >= 15 is 0 Å². The van der Waals surface area contributed by atoms with E-state index in [1.807, 2.05) is 0 Å². The molecular formula is C7H8O. The fourth-order valence-electron chi connectivity index (χ4n) is 2.06. The first-order valence-corrected chi connectivity index (χ1v) is 3.34. The first kappa shape index (κ1) is 3.54. The van der Waals surface area contributed by atoms with E-state index in [0.29, 0.717) is 6.10 Å². The summed E-state index contributed by atoms with van der Waals surface area (Å²) < 4.78 is 5.32. The molecule has 3 rings (SSSR count). The van der Waals surface area contributed by atoms with Crippen LogP contribution in [0.1, 0.15) is 19.3 Å². The number of hydrogen-bond acceptors (Lipinski definition) is 1. The van der Waals surface area contributed by atoms with Crippen molar-refractivity contribution in [3.05, 3.63) is 11.3 Å². The van der Waals surface area contributed by atoms with Crippen molar-refractivity contribution in [3.8, 4) is 0 Å². The summed E-state index contributed by atoms with van der Waals surface area (Å²) in [5.41, 5.74) is 1.64. The molecule has 0 aromatic rings. The molecule has 0 radical (unpaired) electrons. The van der Waals surface area contributed by atoms with Crippen LogP contribution in [0, 0.1) is 5.92 Å². The van der Waals surface area contributed by atoms with Gasteiger partial charge < -0.3 is 4.74 Å². The summed E-state index contributed by atoms with van der Waals surface area (Å²) in [6.07, 6.45) is 4.75. The van der Waals surface area contributed by atoms with E-state index in [2.05, 4.69) is 0 Å². The third-order valence-corrected chi connectivity index (χ3v) is 2.56. The lowest BCUT2D eigenvalue weighted by Gasteiger charge is -1.96. The van der Waals surface area contributed by atoms with E-state index in [1.54, 1.807) is 5.57 Å². The van der Waals surface area contributed by atoms with Gasteiger partial charge in [0.2, 0.25) is 0 Å². The molecule has 8 heavy (non-hydrogen) atoms. The predicted molar refractivity (Wildman–Crippen MR) is 29.2 cm³/mol. The minimum atomic E-state index is 0.624. The molecule has 2 bridgehead atoms. The molecule has 2 aliphatic carbocycles. The third-order valence-electron chi connectivity index (χ3n) is 2.56. The van der Waals surface area contributed by atoms with Crippen LogP contribution in [0.2, 0.25) is 0 Å². The molecule has 1 heteroatoms. The van der Waals surface area contributed by atoms with E-state index in [9.17, 15) is 0 Å². The standard InChI is InChI=1S/C7H8O/c1-2-5-3-4(1)6-7(5)8-6/h4,6H,1-3H2. The van der Waals surface area contributed by atoms with Crippen LogP contribution in [0.3, 0.4) is 0 Å². The Morgan fingerprint density at radius 1 is 1.50 bits per heavy atom. The number of epoxide rings is 1. The van der Waals surface area contributed by atoms with Gasteiger partial charge in [0.1, 0.15) is 5.76 Å². The summed E-state index contributed by atoms with van der Waals surface area (Å²) in [6.45, 7) is 0. The maximum Gasteiger partial charge on any atom is 0.158 e. The second-order valence-corrected chi connectivity index (χ2v) is 3.01. The molecule has 1 aliphatic heterocycles. The fourth-order valence-corrected chi connectivity index (χ4v) is 2.06. The number of rotatable bonds is 0. The highest BCUT2D eigenvalue weighted by Crippen LogP contribution is 2.55. The molecule has 1 nitrogen and oxygen atoms in total. The molecule has 0 spiro atoms. The second-order valence-electron chi connectivity index (χ2n) is 3.01. The first-order valence-electron chi connectivity index (χ1n) is 3.34. The highest BCUT2D eigenvalue weighted by molar-refractivity contribution is 5.34. The van der Waals surface area contributed by atoms with Crippen LogP contribution in [0.15, 0.2) is 11.3 Å². The van der Waals surface area contributed by atoms with Crippen molar-refractivity contribution in [1.29, 1.82) is 0 Å². The highest BCUT2D eigenvalue weighted by atomic mass is 16.6. The van der Waals surface area contributed by atoms with Crippen molar-refractivity contribution < 1.29 is 4.74 Å². The number of ether oxygens (including phenoxy) is 1. The Labute approximate surface area is 48.3 Å². The summed E-state index contributed by atoms with van der Waals surface area (Å²) in [5, 5.41) is 0. The Hall–Kier alpha value is -0.460. The van der Waals surface area contributed by atoms with Gasteiger partial charge in [-0.05, 0) is 24.8 Å². The number of allylic oxidation sites excluding steroid dienone is 1. The first-order chi connectivity index (χ1) is 3.95. The molecule has 0 N–H and O–H groups in total. The molecule has 1 saturated heterocycles.